The highest BCUT2D eigenvalue weighted by molar-refractivity contribution is 9.09. The van der Waals surface area contributed by atoms with E-state index in [0.717, 1.165) is 30.5 Å². The van der Waals surface area contributed by atoms with Gasteiger partial charge < -0.3 is 4.90 Å². The van der Waals surface area contributed by atoms with Gasteiger partial charge in [-0.3, -0.25) is 0 Å². The molecule has 4 nitrogen and oxygen atoms in total. The molecule has 1 aromatic rings. The third-order valence-electron chi connectivity index (χ3n) is 2.92. The molecule has 0 amide bonds. The number of hydrogen-bond acceptors (Lipinski definition) is 3. The van der Waals surface area contributed by atoms with Gasteiger partial charge in [-0.2, -0.15) is 0 Å². The normalized spacial score (nSPS) is 11.8. The van der Waals surface area contributed by atoms with E-state index in [4.69, 9.17) is 0 Å². The first-order chi connectivity index (χ1) is 8.93. The van der Waals surface area contributed by atoms with E-state index in [9.17, 15) is 8.42 Å². The lowest BCUT2D eigenvalue weighted by atomic mass is 10.2. The summed E-state index contributed by atoms with van der Waals surface area (Å²) in [6.07, 6.45) is 1.06. The van der Waals surface area contributed by atoms with Gasteiger partial charge in [0.2, 0.25) is 10.0 Å². The van der Waals surface area contributed by atoms with Gasteiger partial charge in [0.25, 0.3) is 0 Å². The van der Waals surface area contributed by atoms with Crippen molar-refractivity contribution in [2.45, 2.75) is 18.2 Å². The molecule has 0 N–H and O–H groups in total. The van der Waals surface area contributed by atoms with Crippen LogP contribution in [0.25, 0.3) is 0 Å². The van der Waals surface area contributed by atoms with Crippen LogP contribution in [0.2, 0.25) is 0 Å². The third-order valence-corrected chi connectivity index (χ3v) is 5.31. The minimum atomic E-state index is -3.34. The van der Waals surface area contributed by atoms with Gasteiger partial charge in [0.15, 0.2) is 0 Å². The summed E-state index contributed by atoms with van der Waals surface area (Å²) in [7, 11) is -0.257. The Balaban J connectivity index is 2.92. The van der Waals surface area contributed by atoms with Gasteiger partial charge in [-0.05, 0) is 37.6 Å². The zero-order valence-electron chi connectivity index (χ0n) is 11.6. The first kappa shape index (κ1) is 16.5. The Hall–Kier alpha value is -0.590. The predicted octanol–water partition coefficient (Wildman–Crippen LogP) is 2.55. The van der Waals surface area contributed by atoms with Crippen molar-refractivity contribution in [3.8, 4) is 0 Å². The van der Waals surface area contributed by atoms with Crippen LogP contribution in [0.1, 0.15) is 13.3 Å². The fourth-order valence-electron chi connectivity index (χ4n) is 1.76. The highest BCUT2D eigenvalue weighted by Crippen LogP contribution is 2.19. The standard InChI is InChI=1S/C13H21BrN2O2S/c1-4-16(11-5-10-14)12-6-8-13(9-7-12)19(17,18)15(2)3/h6-9H,4-5,10-11H2,1-3H3. The second-order valence-corrected chi connectivity index (χ2v) is 7.35. The zero-order chi connectivity index (χ0) is 14.5. The molecule has 0 bridgehead atoms. The average molecular weight is 349 g/mol. The van der Waals surface area contributed by atoms with E-state index in [0.29, 0.717) is 4.90 Å². The van der Waals surface area contributed by atoms with Crippen molar-refractivity contribution in [1.29, 1.82) is 0 Å². The number of rotatable bonds is 7. The lowest BCUT2D eigenvalue weighted by molar-refractivity contribution is 0.521. The maximum absolute atomic E-state index is 12.0. The summed E-state index contributed by atoms with van der Waals surface area (Å²) in [6, 6.07) is 7.07. The summed E-state index contributed by atoms with van der Waals surface area (Å²) in [5.41, 5.74) is 1.06. The Morgan fingerprint density at radius 1 is 1.16 bits per heavy atom. The Labute approximate surface area is 124 Å². The van der Waals surface area contributed by atoms with E-state index in [2.05, 4.69) is 27.8 Å². The van der Waals surface area contributed by atoms with Crippen LogP contribution >= 0.6 is 15.9 Å². The molecule has 0 aliphatic carbocycles. The van der Waals surface area contributed by atoms with Crippen LogP contribution in [-0.2, 0) is 10.0 Å². The number of sulfonamides is 1. The summed E-state index contributed by atoms with van der Waals surface area (Å²) >= 11 is 3.42. The fraction of sp³-hybridized carbons (Fsp3) is 0.538. The largest absolute Gasteiger partial charge is 0.372 e. The SMILES string of the molecule is CCN(CCCBr)c1ccc(S(=O)(=O)N(C)C)cc1. The second-order valence-electron chi connectivity index (χ2n) is 4.40. The number of halogens is 1. The van der Waals surface area contributed by atoms with E-state index >= 15 is 0 Å². The topological polar surface area (TPSA) is 40.6 Å². The van der Waals surface area contributed by atoms with E-state index in [1.807, 2.05) is 12.1 Å². The predicted molar refractivity (Wildman–Crippen MR) is 83.6 cm³/mol. The Morgan fingerprint density at radius 2 is 1.74 bits per heavy atom. The van der Waals surface area contributed by atoms with Gasteiger partial charge >= 0.3 is 0 Å². The van der Waals surface area contributed by atoms with Crippen molar-refractivity contribution in [2.24, 2.45) is 0 Å². The molecule has 0 heterocycles. The van der Waals surface area contributed by atoms with Crippen LogP contribution < -0.4 is 4.90 Å². The van der Waals surface area contributed by atoms with Crippen LogP contribution in [0, 0.1) is 0 Å². The third kappa shape index (κ3) is 4.19. The van der Waals surface area contributed by atoms with E-state index in [-0.39, 0.29) is 0 Å². The van der Waals surface area contributed by atoms with Gasteiger partial charge in [-0.1, -0.05) is 15.9 Å². The van der Waals surface area contributed by atoms with Gasteiger partial charge in [-0.15, -0.1) is 0 Å². The van der Waals surface area contributed by atoms with Gasteiger partial charge in [0.1, 0.15) is 0 Å². The molecule has 0 saturated carbocycles. The number of nitrogens with zero attached hydrogens (tertiary/aromatic N) is 2. The van der Waals surface area contributed by atoms with Crippen LogP contribution in [-0.4, -0.2) is 45.2 Å². The number of anilines is 1. The first-order valence-corrected chi connectivity index (χ1v) is 8.83. The fourth-order valence-corrected chi connectivity index (χ4v) is 2.91. The molecule has 0 aliphatic rings. The number of benzene rings is 1. The van der Waals surface area contributed by atoms with Gasteiger partial charge in [0, 0.05) is 38.2 Å². The highest BCUT2D eigenvalue weighted by Gasteiger charge is 2.17. The Morgan fingerprint density at radius 3 is 2.16 bits per heavy atom. The van der Waals surface area contributed by atoms with E-state index in [1.165, 1.54) is 18.4 Å². The minimum Gasteiger partial charge on any atom is -0.372 e. The molecule has 0 unspecified atom stereocenters. The monoisotopic (exact) mass is 348 g/mol. The van der Waals surface area contributed by atoms with Crippen molar-refractivity contribution >= 4 is 31.6 Å². The van der Waals surface area contributed by atoms with E-state index < -0.39 is 10.0 Å². The van der Waals surface area contributed by atoms with Crippen molar-refractivity contribution in [1.82, 2.24) is 4.31 Å². The van der Waals surface area contributed by atoms with Gasteiger partial charge in [0.05, 0.1) is 4.90 Å². The van der Waals surface area contributed by atoms with Crippen molar-refractivity contribution in [3.63, 3.8) is 0 Å². The smallest absolute Gasteiger partial charge is 0.242 e. The molecule has 0 aromatic heterocycles. The lowest BCUT2D eigenvalue weighted by Gasteiger charge is -2.23. The second kappa shape index (κ2) is 7.26. The van der Waals surface area contributed by atoms with Gasteiger partial charge in [-0.25, -0.2) is 12.7 Å². The Kier molecular flexibility index (Phi) is 6.29. The molecule has 0 radical (unpaired) electrons. The van der Waals surface area contributed by atoms with Crippen LogP contribution in [0.4, 0.5) is 5.69 Å². The molecule has 0 fully saturated rings. The molecule has 6 heteroatoms. The minimum absolute atomic E-state index is 0.331. The van der Waals surface area contributed by atoms with Crippen LogP contribution in [0.5, 0.6) is 0 Å². The summed E-state index contributed by atoms with van der Waals surface area (Å²) in [4.78, 5) is 2.56. The van der Waals surface area contributed by atoms with Crippen LogP contribution in [0.3, 0.4) is 0 Å². The summed E-state index contributed by atoms with van der Waals surface area (Å²) in [6.45, 7) is 3.97. The molecule has 1 rings (SSSR count). The zero-order valence-corrected chi connectivity index (χ0v) is 14.0. The molecule has 19 heavy (non-hydrogen) atoms. The van der Waals surface area contributed by atoms with Crippen molar-refractivity contribution in [2.75, 3.05) is 37.4 Å². The van der Waals surface area contributed by atoms with Crippen molar-refractivity contribution < 1.29 is 8.42 Å². The maximum Gasteiger partial charge on any atom is 0.242 e. The molecule has 0 spiro atoms. The molecule has 0 aliphatic heterocycles. The Bertz CT molecular complexity index is 486. The summed E-state index contributed by atoms with van der Waals surface area (Å²) < 4.78 is 25.1. The van der Waals surface area contributed by atoms with Crippen LogP contribution in [0.15, 0.2) is 29.2 Å². The van der Waals surface area contributed by atoms with Crippen molar-refractivity contribution in [3.05, 3.63) is 24.3 Å². The summed E-state index contributed by atoms with van der Waals surface area (Å²) in [5, 5.41) is 0.969. The number of alkyl halides is 1. The molecule has 0 atom stereocenters. The summed E-state index contributed by atoms with van der Waals surface area (Å²) in [5.74, 6) is 0. The quantitative estimate of drug-likeness (QED) is 0.711. The lowest BCUT2D eigenvalue weighted by Crippen LogP contribution is -2.25. The molecule has 108 valence electrons. The van der Waals surface area contributed by atoms with E-state index in [1.54, 1.807) is 12.1 Å². The molecule has 1 aromatic carbocycles. The average Bonchev–Trinajstić information content (AvgIpc) is 2.40. The molecular weight excluding hydrogens is 328 g/mol. The maximum atomic E-state index is 12.0. The number of hydrogen-bond donors (Lipinski definition) is 0. The highest BCUT2D eigenvalue weighted by atomic mass is 79.9. The molecular formula is C13H21BrN2O2S. The first-order valence-electron chi connectivity index (χ1n) is 6.27. The molecule has 0 saturated heterocycles.